The topological polar surface area (TPSA) is 46.6 Å². The van der Waals surface area contributed by atoms with Gasteiger partial charge in [0.05, 0.1) is 0 Å². The van der Waals surface area contributed by atoms with Crippen molar-refractivity contribution in [3.63, 3.8) is 0 Å². The smallest absolute Gasteiger partial charge is 0.410 e. The first-order chi connectivity index (χ1) is 9.34. The van der Waals surface area contributed by atoms with E-state index in [-0.39, 0.29) is 6.09 Å². The van der Waals surface area contributed by atoms with E-state index in [0.29, 0.717) is 5.41 Å². The monoisotopic (exact) mass is 279 g/mol. The lowest BCUT2D eigenvalue weighted by Gasteiger charge is -2.44. The normalized spacial score (nSPS) is 22.6. The minimum absolute atomic E-state index is 0.198. The largest absolute Gasteiger partial charge is 0.444 e. The molecule has 0 aromatic rings. The summed E-state index contributed by atoms with van der Waals surface area (Å²) in [6, 6.07) is 0. The molecule has 2 fully saturated rings. The number of amides is 1. The second kappa shape index (κ2) is 5.61. The Kier molecular flexibility index (Phi) is 4.24. The van der Waals surface area contributed by atoms with Crippen LogP contribution in [-0.4, -0.2) is 35.6 Å². The highest BCUT2D eigenvalue weighted by molar-refractivity contribution is 5.68. The van der Waals surface area contributed by atoms with E-state index in [1.165, 1.54) is 0 Å². The average molecular weight is 279 g/mol. The van der Waals surface area contributed by atoms with Crippen LogP contribution in [0.5, 0.6) is 0 Å². The molecule has 2 rings (SSSR count). The first kappa shape index (κ1) is 15.1. The summed E-state index contributed by atoms with van der Waals surface area (Å²) in [4.78, 5) is 24.5. The fourth-order valence-corrected chi connectivity index (χ4v) is 3.17. The molecular formula is C16H25NO3. The molecule has 20 heavy (non-hydrogen) atoms. The van der Waals surface area contributed by atoms with E-state index in [4.69, 9.17) is 4.74 Å². The van der Waals surface area contributed by atoms with Crippen molar-refractivity contribution in [2.45, 2.75) is 64.9 Å². The predicted octanol–water partition coefficient (Wildman–Crippen LogP) is 3.34. The number of ether oxygens (including phenoxy) is 1. The van der Waals surface area contributed by atoms with Crippen molar-refractivity contribution < 1.29 is 14.3 Å². The maximum atomic E-state index is 12.0. The summed E-state index contributed by atoms with van der Waals surface area (Å²) in [6.45, 7) is 7.23. The lowest BCUT2D eigenvalue weighted by molar-refractivity contribution is 0.00631. The molecule has 1 heterocycles. The van der Waals surface area contributed by atoms with Crippen LogP contribution in [-0.2, 0) is 9.53 Å². The minimum Gasteiger partial charge on any atom is -0.444 e. The van der Waals surface area contributed by atoms with Crippen LogP contribution in [0.2, 0.25) is 0 Å². The van der Waals surface area contributed by atoms with E-state index in [1.807, 2.05) is 25.7 Å². The Labute approximate surface area is 121 Å². The van der Waals surface area contributed by atoms with Crippen molar-refractivity contribution in [1.29, 1.82) is 0 Å². The summed E-state index contributed by atoms with van der Waals surface area (Å²) in [5.74, 6) is 2.06. The van der Waals surface area contributed by atoms with Crippen molar-refractivity contribution in [2.75, 3.05) is 13.1 Å². The number of rotatable bonds is 0. The van der Waals surface area contributed by atoms with Crippen LogP contribution in [0.1, 0.15) is 59.3 Å². The van der Waals surface area contributed by atoms with Gasteiger partial charge in [-0.05, 0) is 64.7 Å². The van der Waals surface area contributed by atoms with Gasteiger partial charge < -0.3 is 9.64 Å². The van der Waals surface area contributed by atoms with Gasteiger partial charge >= 0.3 is 6.09 Å². The van der Waals surface area contributed by atoms with Gasteiger partial charge in [-0.3, -0.25) is 0 Å². The van der Waals surface area contributed by atoms with Gasteiger partial charge in [0.1, 0.15) is 11.5 Å². The fraction of sp³-hybridized carbons (Fsp3) is 0.812. The first-order valence-electron chi connectivity index (χ1n) is 7.54. The number of likely N-dealkylation sites (tertiary alicyclic amines) is 1. The Hall–Kier alpha value is -1.28. The van der Waals surface area contributed by atoms with E-state index in [1.54, 1.807) is 0 Å². The second-order valence-electron chi connectivity index (χ2n) is 7.17. The molecule has 1 saturated heterocycles. The van der Waals surface area contributed by atoms with Crippen LogP contribution in [0, 0.1) is 5.41 Å². The molecule has 0 bridgehead atoms. The van der Waals surface area contributed by atoms with Crippen LogP contribution in [0.4, 0.5) is 4.79 Å². The summed E-state index contributed by atoms with van der Waals surface area (Å²) >= 11 is 0. The molecular weight excluding hydrogens is 254 g/mol. The molecule has 0 atom stereocenters. The summed E-state index contributed by atoms with van der Waals surface area (Å²) in [5, 5.41) is 0. The third-order valence-corrected chi connectivity index (χ3v) is 4.53. The molecule has 1 aliphatic heterocycles. The van der Waals surface area contributed by atoms with Gasteiger partial charge in [0.15, 0.2) is 0 Å². The minimum atomic E-state index is -0.430. The van der Waals surface area contributed by atoms with E-state index >= 15 is 0 Å². The number of hydrogen-bond donors (Lipinski definition) is 0. The van der Waals surface area contributed by atoms with E-state index in [2.05, 4.69) is 5.94 Å². The van der Waals surface area contributed by atoms with E-state index in [0.717, 1.165) is 57.2 Å². The number of piperidine rings is 1. The number of carbonyl (C=O) groups excluding carboxylic acids is 2. The van der Waals surface area contributed by atoms with Gasteiger partial charge in [-0.1, -0.05) is 0 Å². The fourth-order valence-electron chi connectivity index (χ4n) is 3.17. The molecule has 4 heteroatoms. The molecule has 0 N–H and O–H groups in total. The molecule has 0 aromatic carbocycles. The van der Waals surface area contributed by atoms with Crippen molar-refractivity contribution in [1.82, 2.24) is 4.90 Å². The van der Waals surface area contributed by atoms with Gasteiger partial charge in [-0.25, -0.2) is 9.59 Å². The number of carbonyl (C=O) groups is 1. The molecule has 0 radical (unpaired) electrons. The summed E-state index contributed by atoms with van der Waals surface area (Å²) in [5.41, 5.74) is 0.838. The Morgan fingerprint density at radius 3 is 2.15 bits per heavy atom. The average Bonchev–Trinajstić information content (AvgIpc) is 2.38. The number of nitrogens with zero attached hydrogens (tertiary/aromatic N) is 1. The highest BCUT2D eigenvalue weighted by Gasteiger charge is 2.38. The van der Waals surface area contributed by atoms with Crippen molar-refractivity contribution in [2.24, 2.45) is 5.41 Å². The van der Waals surface area contributed by atoms with E-state index in [9.17, 15) is 9.59 Å². The Morgan fingerprint density at radius 2 is 1.70 bits per heavy atom. The van der Waals surface area contributed by atoms with Crippen LogP contribution < -0.4 is 0 Å². The summed E-state index contributed by atoms with van der Waals surface area (Å²) < 4.78 is 5.42. The molecule has 0 unspecified atom stereocenters. The number of hydrogen-bond acceptors (Lipinski definition) is 3. The van der Waals surface area contributed by atoms with Crippen LogP contribution in [0.3, 0.4) is 0 Å². The van der Waals surface area contributed by atoms with Crippen molar-refractivity contribution in [3.8, 4) is 0 Å². The van der Waals surface area contributed by atoms with Gasteiger partial charge in [0.25, 0.3) is 0 Å². The lowest BCUT2D eigenvalue weighted by atomic mass is 9.67. The highest BCUT2D eigenvalue weighted by Crippen LogP contribution is 2.45. The first-order valence-corrected chi connectivity index (χ1v) is 7.54. The Balaban J connectivity index is 1.86. The molecule has 1 aliphatic carbocycles. The molecule has 0 aromatic heterocycles. The van der Waals surface area contributed by atoms with E-state index < -0.39 is 5.60 Å². The lowest BCUT2D eigenvalue weighted by Crippen LogP contribution is -2.45. The maximum absolute atomic E-state index is 12.0. The zero-order valence-electron chi connectivity index (χ0n) is 12.8. The van der Waals surface area contributed by atoms with Gasteiger partial charge in [-0.2, -0.15) is 0 Å². The second-order valence-corrected chi connectivity index (χ2v) is 7.17. The summed E-state index contributed by atoms with van der Waals surface area (Å²) in [7, 11) is 0. The van der Waals surface area contributed by atoms with Crippen LogP contribution in [0.25, 0.3) is 0 Å². The third kappa shape index (κ3) is 3.63. The van der Waals surface area contributed by atoms with Gasteiger partial charge in [0, 0.05) is 18.7 Å². The Morgan fingerprint density at radius 1 is 1.15 bits per heavy atom. The molecule has 2 aliphatic rings. The third-order valence-electron chi connectivity index (χ3n) is 4.53. The maximum Gasteiger partial charge on any atom is 0.410 e. The highest BCUT2D eigenvalue weighted by atomic mass is 16.6. The molecule has 4 nitrogen and oxygen atoms in total. The number of allylic oxidation sites excluding steroid dienone is 1. The zero-order chi connectivity index (χ0) is 14.8. The van der Waals surface area contributed by atoms with Gasteiger partial charge in [0.2, 0.25) is 0 Å². The van der Waals surface area contributed by atoms with Crippen LogP contribution >= 0.6 is 0 Å². The zero-order valence-corrected chi connectivity index (χ0v) is 12.8. The SMILES string of the molecule is CC(C)(C)OC(=O)N1CCC2(CCC(=C=O)CC2)CC1. The van der Waals surface area contributed by atoms with Crippen LogP contribution in [0.15, 0.2) is 5.57 Å². The predicted molar refractivity (Wildman–Crippen MR) is 77.1 cm³/mol. The van der Waals surface area contributed by atoms with Crippen molar-refractivity contribution in [3.05, 3.63) is 5.57 Å². The van der Waals surface area contributed by atoms with Crippen molar-refractivity contribution >= 4 is 12.0 Å². The standard InChI is InChI=1S/C16H25NO3/c1-15(2,3)20-14(19)17-10-8-16(9-11-17)6-4-13(12-18)5-7-16/h4-11H2,1-3H3. The molecule has 1 amide bonds. The van der Waals surface area contributed by atoms with Gasteiger partial charge in [-0.15, -0.1) is 0 Å². The molecule has 112 valence electrons. The molecule has 1 saturated carbocycles. The summed E-state index contributed by atoms with van der Waals surface area (Å²) in [6.07, 6.45) is 5.76. The molecule has 1 spiro atoms. The quantitative estimate of drug-likeness (QED) is 0.639. The Bertz CT molecular complexity index is 409.